The van der Waals surface area contributed by atoms with Crippen LogP contribution in [0.1, 0.15) is 17.3 Å². The summed E-state index contributed by atoms with van der Waals surface area (Å²) >= 11 is 0. The summed E-state index contributed by atoms with van der Waals surface area (Å²) in [4.78, 5) is 22.7. The van der Waals surface area contributed by atoms with Gasteiger partial charge in [0.2, 0.25) is 5.91 Å². The number of hydrogen-bond donors (Lipinski definition) is 2. The van der Waals surface area contributed by atoms with E-state index in [1.807, 2.05) is 0 Å². The van der Waals surface area contributed by atoms with Gasteiger partial charge >= 0.3 is 5.97 Å². The monoisotopic (exact) mass is 317 g/mol. The predicted molar refractivity (Wildman–Crippen MR) is 74.1 cm³/mol. The Kier molecular flexibility index (Phi) is 6.44. The van der Waals surface area contributed by atoms with Crippen LogP contribution in [0, 0.1) is 5.82 Å². The zero-order valence-corrected chi connectivity index (χ0v) is 12.4. The van der Waals surface area contributed by atoms with Crippen molar-refractivity contribution in [3.8, 4) is 0 Å². The molecule has 1 aromatic rings. The van der Waals surface area contributed by atoms with Crippen LogP contribution in [0.15, 0.2) is 23.1 Å². The second kappa shape index (κ2) is 7.84. The molecular weight excluding hydrogens is 301 g/mol. The van der Waals surface area contributed by atoms with Gasteiger partial charge in [0.25, 0.3) is 0 Å². The molecule has 21 heavy (non-hydrogen) atoms. The number of carboxylic acids is 1. The van der Waals surface area contributed by atoms with Gasteiger partial charge in [0.15, 0.2) is 0 Å². The fourth-order valence-corrected chi connectivity index (χ4v) is 2.64. The Hall–Kier alpha value is -1.80. The summed E-state index contributed by atoms with van der Waals surface area (Å²) in [5.74, 6) is -2.82. The van der Waals surface area contributed by atoms with Crippen LogP contribution in [0.25, 0.3) is 0 Å². The highest BCUT2D eigenvalue weighted by Gasteiger charge is 2.23. The Morgan fingerprint density at radius 1 is 1.48 bits per heavy atom. The normalized spacial score (nSPS) is 13.5. The summed E-state index contributed by atoms with van der Waals surface area (Å²) in [5, 5.41) is 10.5. The first-order chi connectivity index (χ1) is 9.88. The maximum atomic E-state index is 13.3. The van der Waals surface area contributed by atoms with Gasteiger partial charge in [0, 0.05) is 18.6 Å². The van der Waals surface area contributed by atoms with Crippen LogP contribution in [-0.4, -0.2) is 46.7 Å². The Labute approximate surface area is 123 Å². The highest BCUT2D eigenvalue weighted by Crippen LogP contribution is 2.16. The van der Waals surface area contributed by atoms with Gasteiger partial charge in [-0.3, -0.25) is 9.00 Å². The molecule has 0 bridgehead atoms. The van der Waals surface area contributed by atoms with Crippen molar-refractivity contribution in [1.29, 1.82) is 0 Å². The van der Waals surface area contributed by atoms with Gasteiger partial charge in [-0.2, -0.15) is 0 Å². The molecule has 0 aromatic heterocycles. The van der Waals surface area contributed by atoms with Gasteiger partial charge in [-0.15, -0.1) is 0 Å². The molecule has 2 unspecified atom stereocenters. The van der Waals surface area contributed by atoms with E-state index >= 15 is 0 Å². The van der Waals surface area contributed by atoms with Crippen LogP contribution >= 0.6 is 0 Å². The van der Waals surface area contributed by atoms with Crippen molar-refractivity contribution < 1.29 is 28.0 Å². The minimum Gasteiger partial charge on any atom is -0.478 e. The molecule has 0 spiro atoms. The molecule has 0 saturated carbocycles. The number of nitrogens with one attached hydrogen (secondary N) is 1. The number of methoxy groups -OCH3 is 1. The number of benzene rings is 1. The first-order valence-electron chi connectivity index (χ1n) is 6.08. The summed E-state index contributed by atoms with van der Waals surface area (Å²) in [6, 6.07) is 3.11. The van der Waals surface area contributed by atoms with E-state index in [-0.39, 0.29) is 11.4 Å². The fraction of sp³-hybridized carbons (Fsp3) is 0.385. The Morgan fingerprint density at radius 3 is 2.71 bits per heavy atom. The molecular formula is C13H16FNO5S. The van der Waals surface area contributed by atoms with E-state index in [0.717, 1.165) is 12.1 Å². The predicted octanol–water partition coefficient (Wildman–Crippen LogP) is 0.783. The number of aromatic carboxylic acids is 1. The quantitative estimate of drug-likeness (QED) is 0.725. The molecule has 2 atom stereocenters. The van der Waals surface area contributed by atoms with E-state index in [4.69, 9.17) is 9.84 Å². The minimum atomic E-state index is -1.78. The molecule has 1 rings (SSSR count). The molecule has 8 heteroatoms. The van der Waals surface area contributed by atoms with E-state index < -0.39 is 39.3 Å². The van der Waals surface area contributed by atoms with Gasteiger partial charge in [0.1, 0.15) is 11.1 Å². The van der Waals surface area contributed by atoms with Crippen LogP contribution in [0.3, 0.4) is 0 Å². The molecule has 0 fully saturated rings. The van der Waals surface area contributed by atoms with Crippen molar-refractivity contribution >= 4 is 22.7 Å². The number of carbonyl (C=O) groups excluding carboxylic acids is 1. The van der Waals surface area contributed by atoms with Crippen LogP contribution in [0.2, 0.25) is 0 Å². The van der Waals surface area contributed by atoms with Crippen LogP contribution in [0.5, 0.6) is 0 Å². The summed E-state index contributed by atoms with van der Waals surface area (Å²) < 4.78 is 30.3. The van der Waals surface area contributed by atoms with Crippen molar-refractivity contribution in [2.24, 2.45) is 0 Å². The minimum absolute atomic E-state index is 0.0863. The Morgan fingerprint density at radius 2 is 2.14 bits per heavy atom. The molecule has 0 aliphatic carbocycles. The topological polar surface area (TPSA) is 92.7 Å². The molecule has 0 radical (unpaired) electrons. The van der Waals surface area contributed by atoms with E-state index in [1.54, 1.807) is 0 Å². The van der Waals surface area contributed by atoms with Gasteiger partial charge in [-0.1, -0.05) is 0 Å². The number of amides is 1. The smallest absolute Gasteiger partial charge is 0.338 e. The average Bonchev–Trinajstić information content (AvgIpc) is 2.46. The van der Waals surface area contributed by atoms with Crippen molar-refractivity contribution in [2.45, 2.75) is 17.1 Å². The summed E-state index contributed by atoms with van der Waals surface area (Å²) in [7, 11) is -0.296. The molecule has 1 aromatic carbocycles. The second-order valence-corrected chi connectivity index (χ2v) is 5.94. The van der Waals surface area contributed by atoms with Gasteiger partial charge < -0.3 is 15.2 Å². The molecule has 0 aliphatic heterocycles. The van der Waals surface area contributed by atoms with Crippen molar-refractivity contribution in [1.82, 2.24) is 5.32 Å². The number of ether oxygens (including phenoxy) is 1. The number of rotatable bonds is 7. The van der Waals surface area contributed by atoms with Crippen molar-refractivity contribution in [3.05, 3.63) is 29.6 Å². The average molecular weight is 317 g/mol. The standard InChI is InChI=1S/C13H16FNO5S/c1-8(12(16)15-5-6-20-2)21(19)9-3-4-11(14)10(7-9)13(17)18/h3-4,7-8H,5-6H2,1-2H3,(H,15,16)(H,17,18). The zero-order chi connectivity index (χ0) is 16.0. The van der Waals surface area contributed by atoms with Gasteiger partial charge in [0.05, 0.1) is 23.0 Å². The van der Waals surface area contributed by atoms with E-state index in [0.29, 0.717) is 6.61 Å². The largest absolute Gasteiger partial charge is 0.478 e. The van der Waals surface area contributed by atoms with Gasteiger partial charge in [-0.05, 0) is 25.1 Å². The highest BCUT2D eigenvalue weighted by atomic mass is 32.2. The number of carboxylic acid groups (broad SMARTS) is 1. The number of carbonyl (C=O) groups is 2. The second-order valence-electron chi connectivity index (χ2n) is 4.17. The maximum absolute atomic E-state index is 13.3. The molecule has 116 valence electrons. The highest BCUT2D eigenvalue weighted by molar-refractivity contribution is 7.86. The van der Waals surface area contributed by atoms with Gasteiger partial charge in [-0.25, -0.2) is 9.18 Å². The molecule has 6 nitrogen and oxygen atoms in total. The Balaban J connectivity index is 2.85. The van der Waals surface area contributed by atoms with E-state index in [1.165, 1.54) is 20.1 Å². The number of hydrogen-bond acceptors (Lipinski definition) is 4. The molecule has 0 saturated heterocycles. The summed E-state index contributed by atoms with van der Waals surface area (Å²) in [6.45, 7) is 2.05. The first-order valence-corrected chi connectivity index (χ1v) is 7.29. The molecule has 0 aliphatic rings. The van der Waals surface area contributed by atoms with E-state index in [2.05, 4.69) is 5.32 Å². The third-order valence-corrected chi connectivity index (χ3v) is 4.27. The lowest BCUT2D eigenvalue weighted by Gasteiger charge is -2.12. The van der Waals surface area contributed by atoms with E-state index in [9.17, 15) is 18.2 Å². The van der Waals surface area contributed by atoms with Crippen LogP contribution < -0.4 is 5.32 Å². The van der Waals surface area contributed by atoms with Crippen LogP contribution in [-0.2, 0) is 20.3 Å². The lowest BCUT2D eigenvalue weighted by Crippen LogP contribution is -2.37. The number of halogens is 1. The first kappa shape index (κ1) is 17.3. The summed E-state index contributed by atoms with van der Waals surface area (Å²) in [5.41, 5.74) is -0.576. The lowest BCUT2D eigenvalue weighted by atomic mass is 10.2. The third kappa shape index (κ3) is 4.61. The third-order valence-electron chi connectivity index (χ3n) is 2.70. The fourth-order valence-electron chi connectivity index (χ4n) is 1.51. The Bertz CT molecular complexity index is 563. The maximum Gasteiger partial charge on any atom is 0.338 e. The lowest BCUT2D eigenvalue weighted by molar-refractivity contribution is -0.120. The SMILES string of the molecule is COCCNC(=O)C(C)S(=O)c1ccc(F)c(C(=O)O)c1. The zero-order valence-electron chi connectivity index (χ0n) is 11.6. The molecule has 0 heterocycles. The summed E-state index contributed by atoms with van der Waals surface area (Å²) in [6.07, 6.45) is 0. The molecule has 2 N–H and O–H groups in total. The van der Waals surface area contributed by atoms with Crippen molar-refractivity contribution in [3.63, 3.8) is 0 Å². The van der Waals surface area contributed by atoms with Crippen molar-refractivity contribution in [2.75, 3.05) is 20.3 Å². The molecule has 1 amide bonds. The van der Waals surface area contributed by atoms with Crippen LogP contribution in [0.4, 0.5) is 4.39 Å².